The van der Waals surface area contributed by atoms with Crippen molar-refractivity contribution >= 4 is 28.3 Å². The van der Waals surface area contributed by atoms with Gasteiger partial charge in [0, 0.05) is 19.0 Å². The van der Waals surface area contributed by atoms with Gasteiger partial charge in [-0.1, -0.05) is 53.7 Å². The van der Waals surface area contributed by atoms with Crippen LogP contribution < -0.4 is 11.1 Å². The highest BCUT2D eigenvalue weighted by atomic mass is 16.1. The lowest BCUT2D eigenvalue weighted by atomic mass is 10.0. The molecule has 164 valence electrons. The van der Waals surface area contributed by atoms with Gasteiger partial charge in [-0.2, -0.15) is 0 Å². The minimum atomic E-state index is -0.126. The molecule has 0 radical (unpaired) electrons. The standard InChI is InChI=1S/C25H23N7O/c26-20-12-10-18(17-6-2-1-3-7-17)14-23(20)29-25(33)13-11-19-15-32(31-30-19)16-24-27-21-8-4-5-9-22(21)28-24/h1-10,12,14-15H,11,13,16,26H2,(H,27,28)(H,29,33). The number of H-pyrrole nitrogens is 1. The van der Waals surface area contributed by atoms with Gasteiger partial charge in [0.25, 0.3) is 0 Å². The van der Waals surface area contributed by atoms with Crippen LogP contribution in [0.15, 0.2) is 79.0 Å². The number of aromatic amines is 1. The highest BCUT2D eigenvalue weighted by molar-refractivity contribution is 5.95. The van der Waals surface area contributed by atoms with E-state index in [-0.39, 0.29) is 12.3 Å². The second kappa shape index (κ2) is 8.96. The van der Waals surface area contributed by atoms with Crippen molar-refractivity contribution in [2.24, 2.45) is 0 Å². The van der Waals surface area contributed by atoms with Crippen molar-refractivity contribution in [1.29, 1.82) is 0 Å². The Labute approximate surface area is 190 Å². The summed E-state index contributed by atoms with van der Waals surface area (Å²) in [6, 6.07) is 23.5. The van der Waals surface area contributed by atoms with Crippen molar-refractivity contribution in [2.75, 3.05) is 11.1 Å². The Morgan fingerprint density at radius 1 is 1.00 bits per heavy atom. The van der Waals surface area contributed by atoms with E-state index in [1.807, 2.05) is 79.0 Å². The topological polar surface area (TPSA) is 115 Å². The van der Waals surface area contributed by atoms with Gasteiger partial charge in [0.2, 0.25) is 5.91 Å². The predicted octanol–water partition coefficient (Wildman–Crippen LogP) is 4.02. The fourth-order valence-corrected chi connectivity index (χ4v) is 3.69. The number of carbonyl (C=O) groups excluding carboxylic acids is 1. The number of nitrogens with zero attached hydrogens (tertiary/aromatic N) is 4. The van der Waals surface area contributed by atoms with E-state index in [1.54, 1.807) is 4.68 Å². The third-order valence-electron chi connectivity index (χ3n) is 5.38. The van der Waals surface area contributed by atoms with E-state index in [4.69, 9.17) is 5.73 Å². The number of nitrogen functional groups attached to an aromatic ring is 1. The predicted molar refractivity (Wildman–Crippen MR) is 128 cm³/mol. The minimum absolute atomic E-state index is 0.126. The van der Waals surface area contributed by atoms with Crippen LogP contribution in [0.25, 0.3) is 22.2 Å². The van der Waals surface area contributed by atoms with Crippen molar-refractivity contribution in [3.63, 3.8) is 0 Å². The van der Waals surface area contributed by atoms with Gasteiger partial charge in [-0.3, -0.25) is 4.79 Å². The molecule has 5 rings (SSSR count). The molecule has 0 atom stereocenters. The van der Waals surface area contributed by atoms with Crippen LogP contribution in [-0.2, 0) is 17.8 Å². The number of imidazole rings is 1. The van der Waals surface area contributed by atoms with E-state index < -0.39 is 0 Å². The number of fused-ring (bicyclic) bond motifs is 1. The van der Waals surface area contributed by atoms with E-state index in [2.05, 4.69) is 25.6 Å². The summed E-state index contributed by atoms with van der Waals surface area (Å²) in [6.07, 6.45) is 2.59. The fourth-order valence-electron chi connectivity index (χ4n) is 3.69. The Morgan fingerprint density at radius 3 is 2.67 bits per heavy atom. The summed E-state index contributed by atoms with van der Waals surface area (Å²) in [5.41, 5.74) is 11.9. The SMILES string of the molecule is Nc1ccc(-c2ccccc2)cc1NC(=O)CCc1cn(Cc2nc3ccccc3[nH]2)nn1. The fraction of sp³-hybridized carbons (Fsp3) is 0.120. The maximum Gasteiger partial charge on any atom is 0.224 e. The van der Waals surface area contributed by atoms with Crippen molar-refractivity contribution in [2.45, 2.75) is 19.4 Å². The van der Waals surface area contributed by atoms with Crippen LogP contribution >= 0.6 is 0 Å². The van der Waals surface area contributed by atoms with Crippen LogP contribution in [-0.4, -0.2) is 30.9 Å². The van der Waals surface area contributed by atoms with Gasteiger partial charge in [0.05, 0.1) is 28.1 Å². The number of carbonyl (C=O) groups is 1. The molecule has 3 aromatic carbocycles. The lowest BCUT2D eigenvalue weighted by Gasteiger charge is -2.10. The second-order valence-corrected chi connectivity index (χ2v) is 7.82. The zero-order chi connectivity index (χ0) is 22.6. The maximum atomic E-state index is 12.5. The molecule has 0 fully saturated rings. The van der Waals surface area contributed by atoms with Gasteiger partial charge in [0.15, 0.2) is 0 Å². The van der Waals surface area contributed by atoms with Crippen LogP contribution in [0.4, 0.5) is 11.4 Å². The first-order valence-corrected chi connectivity index (χ1v) is 10.7. The normalized spacial score (nSPS) is 11.0. The van der Waals surface area contributed by atoms with Crippen LogP contribution in [0, 0.1) is 0 Å². The highest BCUT2D eigenvalue weighted by Gasteiger charge is 2.10. The number of benzene rings is 3. The Hall–Kier alpha value is -4.46. The maximum absolute atomic E-state index is 12.5. The molecule has 2 aromatic heterocycles. The lowest BCUT2D eigenvalue weighted by molar-refractivity contribution is -0.116. The number of nitrogens with two attached hydrogens (primary N) is 1. The molecule has 0 aliphatic carbocycles. The number of nitrogens with one attached hydrogen (secondary N) is 2. The molecule has 0 bridgehead atoms. The molecule has 8 heteroatoms. The first-order chi connectivity index (χ1) is 16.1. The Bertz CT molecular complexity index is 1370. The van der Waals surface area contributed by atoms with Gasteiger partial charge in [-0.25, -0.2) is 9.67 Å². The van der Waals surface area contributed by atoms with Gasteiger partial charge in [0.1, 0.15) is 12.4 Å². The number of anilines is 2. The van der Waals surface area contributed by atoms with Gasteiger partial charge < -0.3 is 16.0 Å². The van der Waals surface area contributed by atoms with E-state index in [9.17, 15) is 4.79 Å². The largest absolute Gasteiger partial charge is 0.397 e. The first-order valence-electron chi connectivity index (χ1n) is 10.7. The molecule has 0 unspecified atom stereocenters. The molecule has 0 spiro atoms. The van der Waals surface area contributed by atoms with E-state index in [1.165, 1.54) is 0 Å². The second-order valence-electron chi connectivity index (χ2n) is 7.82. The third kappa shape index (κ3) is 4.74. The Morgan fingerprint density at radius 2 is 1.82 bits per heavy atom. The zero-order valence-electron chi connectivity index (χ0n) is 17.9. The number of hydrogen-bond donors (Lipinski definition) is 3. The molecule has 4 N–H and O–H groups in total. The summed E-state index contributed by atoms with van der Waals surface area (Å²) in [7, 11) is 0. The molecule has 5 aromatic rings. The number of amides is 1. The summed E-state index contributed by atoms with van der Waals surface area (Å²) in [5.74, 6) is 0.679. The zero-order valence-corrected chi connectivity index (χ0v) is 17.9. The summed E-state index contributed by atoms with van der Waals surface area (Å²) in [4.78, 5) is 20.4. The molecule has 1 amide bonds. The molecular weight excluding hydrogens is 414 g/mol. The van der Waals surface area contributed by atoms with Crippen molar-refractivity contribution in [1.82, 2.24) is 25.0 Å². The average molecular weight is 438 g/mol. The van der Waals surface area contributed by atoms with Gasteiger partial charge >= 0.3 is 0 Å². The smallest absolute Gasteiger partial charge is 0.224 e. The minimum Gasteiger partial charge on any atom is -0.397 e. The Kier molecular flexibility index (Phi) is 5.55. The third-order valence-corrected chi connectivity index (χ3v) is 5.38. The van der Waals surface area contributed by atoms with Crippen LogP contribution in [0.2, 0.25) is 0 Å². The number of hydrogen-bond acceptors (Lipinski definition) is 5. The molecule has 0 aliphatic rings. The Balaban J connectivity index is 1.19. The van der Waals surface area contributed by atoms with Gasteiger partial charge in [-0.05, 0) is 35.4 Å². The van der Waals surface area contributed by atoms with E-state index >= 15 is 0 Å². The first kappa shape index (κ1) is 20.4. The average Bonchev–Trinajstić information content (AvgIpc) is 3.46. The lowest BCUT2D eigenvalue weighted by Crippen LogP contribution is -2.13. The van der Waals surface area contributed by atoms with Gasteiger partial charge in [-0.15, -0.1) is 5.10 Å². The summed E-state index contributed by atoms with van der Waals surface area (Å²) in [5, 5.41) is 11.3. The van der Waals surface area contributed by atoms with Crippen LogP contribution in [0.1, 0.15) is 17.9 Å². The molecule has 0 saturated heterocycles. The molecule has 8 nitrogen and oxygen atoms in total. The number of para-hydroxylation sites is 2. The number of aryl methyl sites for hydroxylation is 1. The van der Waals surface area contributed by atoms with Crippen LogP contribution in [0.3, 0.4) is 0 Å². The molecule has 0 saturated carbocycles. The quantitative estimate of drug-likeness (QED) is 0.333. The molecular formula is C25H23N7O. The molecule has 33 heavy (non-hydrogen) atoms. The van der Waals surface area contributed by atoms with Crippen molar-refractivity contribution in [3.8, 4) is 11.1 Å². The monoisotopic (exact) mass is 437 g/mol. The van der Waals surface area contributed by atoms with Crippen molar-refractivity contribution < 1.29 is 4.79 Å². The van der Waals surface area contributed by atoms with Crippen molar-refractivity contribution in [3.05, 3.63) is 90.5 Å². The summed E-state index contributed by atoms with van der Waals surface area (Å²) < 4.78 is 1.71. The molecule has 0 aliphatic heterocycles. The summed E-state index contributed by atoms with van der Waals surface area (Å²) >= 11 is 0. The highest BCUT2D eigenvalue weighted by Crippen LogP contribution is 2.27. The summed E-state index contributed by atoms with van der Waals surface area (Å²) in [6.45, 7) is 0.483. The number of aromatic nitrogens is 5. The van der Waals surface area contributed by atoms with Crippen LogP contribution in [0.5, 0.6) is 0 Å². The number of rotatable bonds is 7. The molecule has 2 heterocycles. The van der Waals surface area contributed by atoms with E-state index in [0.717, 1.165) is 33.7 Å². The van der Waals surface area contributed by atoms with E-state index in [0.29, 0.717) is 24.3 Å².